The van der Waals surface area contributed by atoms with Gasteiger partial charge in [0.2, 0.25) is 11.8 Å². The van der Waals surface area contributed by atoms with Gasteiger partial charge in [-0.25, -0.2) is 0 Å². The molecule has 2 N–H and O–H groups in total. The summed E-state index contributed by atoms with van der Waals surface area (Å²) in [4.78, 5) is 24.7. The van der Waals surface area contributed by atoms with Crippen molar-refractivity contribution in [2.45, 2.75) is 26.3 Å². The Morgan fingerprint density at radius 2 is 1.60 bits per heavy atom. The summed E-state index contributed by atoms with van der Waals surface area (Å²) in [5, 5.41) is 8.79. The van der Waals surface area contributed by atoms with Crippen molar-refractivity contribution in [3.05, 3.63) is 83.6 Å². The number of nitrogens with one attached hydrogen (secondary N) is 2. The third kappa shape index (κ3) is 4.06. The summed E-state index contributed by atoms with van der Waals surface area (Å²) in [5.74, 6) is 0.286. The monoisotopic (exact) mass is 400 g/mol. The first-order valence-corrected chi connectivity index (χ1v) is 10.0. The van der Waals surface area contributed by atoms with E-state index in [0.29, 0.717) is 0 Å². The average Bonchev–Trinajstić information content (AvgIpc) is 3.09. The molecule has 0 saturated heterocycles. The molecule has 0 fully saturated rings. The first kappa shape index (κ1) is 19.7. The fourth-order valence-electron chi connectivity index (χ4n) is 3.83. The number of furan rings is 1. The first-order valence-electron chi connectivity index (χ1n) is 10.0. The maximum Gasteiger partial charge on any atom is 0.239 e. The molecule has 152 valence electrons. The number of carbonyl (C=O) groups excluding carboxylic acids is 2. The minimum absolute atomic E-state index is 0.0762. The molecular weight excluding hydrogens is 376 g/mol. The molecule has 0 radical (unpaired) electrons. The summed E-state index contributed by atoms with van der Waals surface area (Å²) >= 11 is 0. The van der Waals surface area contributed by atoms with Crippen LogP contribution in [-0.2, 0) is 16.0 Å². The Bertz CT molecular complexity index is 1220. The van der Waals surface area contributed by atoms with Gasteiger partial charge in [-0.15, -0.1) is 0 Å². The standard InChI is InChI=1S/C25H24N2O3/c1-16-20-11-5-6-13-22(20)30-25(16)17(2)27-24(29)15-26-23(28)14-19-10-7-9-18-8-3-4-12-21(18)19/h3-13,17H,14-15H2,1-2H3,(H,26,28)(H,27,29). The normalized spacial score (nSPS) is 12.1. The van der Waals surface area contributed by atoms with Crippen molar-refractivity contribution in [3.63, 3.8) is 0 Å². The maximum absolute atomic E-state index is 12.4. The lowest BCUT2D eigenvalue weighted by atomic mass is 10.0. The number of aryl methyl sites for hydroxylation is 1. The van der Waals surface area contributed by atoms with Crippen LogP contribution < -0.4 is 10.6 Å². The zero-order valence-corrected chi connectivity index (χ0v) is 17.1. The van der Waals surface area contributed by atoms with Gasteiger partial charge in [-0.05, 0) is 36.2 Å². The Hall–Kier alpha value is -3.60. The van der Waals surface area contributed by atoms with Crippen LogP contribution in [0.15, 0.2) is 71.1 Å². The average molecular weight is 400 g/mol. The molecule has 1 aromatic heterocycles. The summed E-state index contributed by atoms with van der Waals surface area (Å²) < 4.78 is 5.90. The molecule has 0 aliphatic rings. The number of hydrogen-bond donors (Lipinski definition) is 2. The largest absolute Gasteiger partial charge is 0.459 e. The van der Waals surface area contributed by atoms with Crippen molar-refractivity contribution in [1.82, 2.24) is 10.6 Å². The lowest BCUT2D eigenvalue weighted by molar-refractivity contribution is -0.126. The summed E-state index contributed by atoms with van der Waals surface area (Å²) in [5.41, 5.74) is 2.75. The van der Waals surface area contributed by atoms with Crippen LogP contribution in [0.25, 0.3) is 21.7 Å². The summed E-state index contributed by atoms with van der Waals surface area (Å²) in [7, 11) is 0. The number of hydrogen-bond acceptors (Lipinski definition) is 3. The molecule has 0 aliphatic heterocycles. The molecule has 0 spiro atoms. The molecular formula is C25H24N2O3. The summed E-state index contributed by atoms with van der Waals surface area (Å²) in [6.07, 6.45) is 0.229. The van der Waals surface area contributed by atoms with Crippen LogP contribution in [0.5, 0.6) is 0 Å². The van der Waals surface area contributed by atoms with E-state index in [1.807, 2.05) is 80.6 Å². The van der Waals surface area contributed by atoms with Crippen molar-refractivity contribution in [1.29, 1.82) is 0 Å². The molecule has 0 saturated carbocycles. The van der Waals surface area contributed by atoms with Crippen LogP contribution in [0.1, 0.15) is 29.9 Å². The predicted octanol–water partition coefficient (Wildman–Crippen LogP) is 4.43. The number of benzene rings is 3. The Labute approximate surface area is 175 Å². The fourth-order valence-corrected chi connectivity index (χ4v) is 3.83. The molecule has 30 heavy (non-hydrogen) atoms. The Morgan fingerprint density at radius 1 is 0.900 bits per heavy atom. The quantitative estimate of drug-likeness (QED) is 0.503. The number of carbonyl (C=O) groups is 2. The topological polar surface area (TPSA) is 71.3 Å². The number of rotatable bonds is 6. The van der Waals surface area contributed by atoms with Gasteiger partial charge >= 0.3 is 0 Å². The second-order valence-corrected chi connectivity index (χ2v) is 7.47. The maximum atomic E-state index is 12.4. The third-order valence-electron chi connectivity index (χ3n) is 5.33. The lowest BCUT2D eigenvalue weighted by Gasteiger charge is -2.13. The van der Waals surface area contributed by atoms with Gasteiger partial charge in [0, 0.05) is 10.9 Å². The molecule has 0 bridgehead atoms. The molecule has 1 atom stereocenters. The highest BCUT2D eigenvalue weighted by atomic mass is 16.3. The fraction of sp³-hybridized carbons (Fsp3) is 0.200. The molecule has 4 rings (SSSR count). The molecule has 4 aromatic rings. The van der Waals surface area contributed by atoms with Gasteiger partial charge in [-0.1, -0.05) is 60.7 Å². The summed E-state index contributed by atoms with van der Waals surface area (Å²) in [6, 6.07) is 21.4. The van der Waals surface area contributed by atoms with Crippen LogP contribution in [0, 0.1) is 6.92 Å². The van der Waals surface area contributed by atoms with E-state index >= 15 is 0 Å². The van der Waals surface area contributed by atoms with Crippen LogP contribution in [-0.4, -0.2) is 18.4 Å². The smallest absolute Gasteiger partial charge is 0.239 e. The van der Waals surface area contributed by atoms with Gasteiger partial charge in [0.15, 0.2) is 0 Å². The van der Waals surface area contributed by atoms with Gasteiger partial charge in [0.1, 0.15) is 11.3 Å². The Balaban J connectivity index is 1.35. The molecule has 2 amide bonds. The van der Waals surface area contributed by atoms with Crippen molar-refractivity contribution < 1.29 is 14.0 Å². The highest BCUT2D eigenvalue weighted by molar-refractivity contribution is 5.91. The minimum atomic E-state index is -0.292. The van der Waals surface area contributed by atoms with E-state index < -0.39 is 0 Å². The third-order valence-corrected chi connectivity index (χ3v) is 5.33. The molecule has 5 heteroatoms. The van der Waals surface area contributed by atoms with E-state index in [1.165, 1.54) is 0 Å². The van der Waals surface area contributed by atoms with E-state index in [0.717, 1.165) is 38.6 Å². The van der Waals surface area contributed by atoms with Gasteiger partial charge in [0.05, 0.1) is 19.0 Å². The highest BCUT2D eigenvalue weighted by Gasteiger charge is 2.18. The van der Waals surface area contributed by atoms with Crippen molar-refractivity contribution >= 4 is 33.6 Å². The molecule has 1 unspecified atom stereocenters. The minimum Gasteiger partial charge on any atom is -0.459 e. The first-order chi connectivity index (χ1) is 14.5. The molecule has 3 aromatic carbocycles. The second kappa shape index (κ2) is 8.41. The molecule has 5 nitrogen and oxygen atoms in total. The molecule has 0 aliphatic carbocycles. The van der Waals surface area contributed by atoms with Crippen LogP contribution >= 0.6 is 0 Å². The Kier molecular flexibility index (Phi) is 5.53. The van der Waals surface area contributed by atoms with E-state index in [4.69, 9.17) is 4.42 Å². The van der Waals surface area contributed by atoms with Crippen molar-refractivity contribution in [2.24, 2.45) is 0 Å². The van der Waals surface area contributed by atoms with E-state index in [1.54, 1.807) is 0 Å². The van der Waals surface area contributed by atoms with Crippen molar-refractivity contribution in [3.8, 4) is 0 Å². The molecule has 1 heterocycles. The lowest BCUT2D eigenvalue weighted by Crippen LogP contribution is -2.38. The zero-order valence-electron chi connectivity index (χ0n) is 17.1. The van der Waals surface area contributed by atoms with E-state index in [-0.39, 0.29) is 30.8 Å². The predicted molar refractivity (Wildman–Crippen MR) is 118 cm³/mol. The second-order valence-electron chi connectivity index (χ2n) is 7.47. The van der Waals surface area contributed by atoms with Gasteiger partial charge < -0.3 is 15.1 Å². The van der Waals surface area contributed by atoms with Crippen LogP contribution in [0.4, 0.5) is 0 Å². The number of fused-ring (bicyclic) bond motifs is 2. The number of amides is 2. The summed E-state index contributed by atoms with van der Waals surface area (Å²) in [6.45, 7) is 3.78. The van der Waals surface area contributed by atoms with E-state index in [9.17, 15) is 9.59 Å². The van der Waals surface area contributed by atoms with Gasteiger partial charge in [0.25, 0.3) is 0 Å². The van der Waals surface area contributed by atoms with E-state index in [2.05, 4.69) is 10.6 Å². The zero-order chi connectivity index (χ0) is 21.1. The van der Waals surface area contributed by atoms with Crippen LogP contribution in [0.2, 0.25) is 0 Å². The van der Waals surface area contributed by atoms with Gasteiger partial charge in [-0.2, -0.15) is 0 Å². The Morgan fingerprint density at radius 3 is 2.40 bits per heavy atom. The highest BCUT2D eigenvalue weighted by Crippen LogP contribution is 2.29. The number of para-hydroxylation sites is 1. The van der Waals surface area contributed by atoms with Crippen molar-refractivity contribution in [2.75, 3.05) is 6.54 Å². The van der Waals surface area contributed by atoms with Gasteiger partial charge in [-0.3, -0.25) is 9.59 Å². The van der Waals surface area contributed by atoms with Crippen LogP contribution in [0.3, 0.4) is 0 Å². The SMILES string of the molecule is Cc1c(C(C)NC(=O)CNC(=O)Cc2cccc3ccccc23)oc2ccccc12.